The molecule has 0 atom stereocenters. The number of aryl methyl sites for hydroxylation is 1. The van der Waals surface area contributed by atoms with Crippen LogP contribution in [0.3, 0.4) is 0 Å². The number of rotatable bonds is 7. The Morgan fingerprint density at radius 3 is 2.68 bits per heavy atom. The van der Waals surface area contributed by atoms with Gasteiger partial charge in [-0.25, -0.2) is 14.8 Å². The van der Waals surface area contributed by atoms with Crippen molar-refractivity contribution in [2.75, 3.05) is 11.9 Å². The number of hydrogen-bond donors (Lipinski definition) is 2. The molecule has 0 fully saturated rings. The minimum absolute atomic E-state index is 0.335. The molecule has 0 aliphatic carbocycles. The van der Waals surface area contributed by atoms with E-state index in [-0.39, 0.29) is 6.03 Å². The molecule has 0 aliphatic rings. The lowest BCUT2D eigenvalue weighted by atomic mass is 10.2. The fourth-order valence-electron chi connectivity index (χ4n) is 2.39. The summed E-state index contributed by atoms with van der Waals surface area (Å²) >= 11 is 1.46. The Morgan fingerprint density at radius 2 is 1.93 bits per heavy atom. The SMILES string of the molecule is CCNC(=O)Nc1ncc(Sc2ccccn2)cc1Oc1cccnc1CC. The lowest BCUT2D eigenvalue weighted by Gasteiger charge is -2.14. The Bertz CT molecular complexity index is 937. The summed E-state index contributed by atoms with van der Waals surface area (Å²) in [5.74, 6) is 1.41. The molecule has 144 valence electrons. The topological polar surface area (TPSA) is 89.0 Å². The van der Waals surface area contributed by atoms with Crippen LogP contribution in [0.15, 0.2) is 64.9 Å². The van der Waals surface area contributed by atoms with E-state index in [1.54, 1.807) is 18.6 Å². The molecule has 2 N–H and O–H groups in total. The number of nitrogens with one attached hydrogen (secondary N) is 2. The number of aromatic nitrogens is 3. The molecule has 0 saturated carbocycles. The zero-order valence-corrected chi connectivity index (χ0v) is 16.5. The Hall–Kier alpha value is -3.13. The maximum absolute atomic E-state index is 12.0. The van der Waals surface area contributed by atoms with Gasteiger partial charge in [-0.1, -0.05) is 24.8 Å². The van der Waals surface area contributed by atoms with E-state index >= 15 is 0 Å². The van der Waals surface area contributed by atoms with E-state index in [0.29, 0.717) is 23.9 Å². The van der Waals surface area contributed by atoms with E-state index < -0.39 is 0 Å². The number of carbonyl (C=O) groups excluding carboxylic acids is 1. The van der Waals surface area contributed by atoms with E-state index in [1.165, 1.54) is 11.8 Å². The van der Waals surface area contributed by atoms with Gasteiger partial charge in [0.2, 0.25) is 0 Å². The van der Waals surface area contributed by atoms with Gasteiger partial charge < -0.3 is 10.1 Å². The third kappa shape index (κ3) is 5.20. The summed E-state index contributed by atoms with van der Waals surface area (Å²) in [6, 6.07) is 10.9. The van der Waals surface area contributed by atoms with Gasteiger partial charge in [0, 0.05) is 36.1 Å². The number of urea groups is 1. The molecule has 3 heterocycles. The molecule has 0 bridgehead atoms. The highest BCUT2D eigenvalue weighted by Crippen LogP contribution is 2.35. The molecule has 3 rings (SSSR count). The molecule has 2 amide bonds. The third-order valence-electron chi connectivity index (χ3n) is 3.66. The summed E-state index contributed by atoms with van der Waals surface area (Å²) in [6.45, 7) is 4.37. The fourth-order valence-corrected chi connectivity index (χ4v) is 3.17. The number of hydrogen-bond acceptors (Lipinski definition) is 6. The summed E-state index contributed by atoms with van der Waals surface area (Å²) < 4.78 is 6.09. The van der Waals surface area contributed by atoms with Gasteiger partial charge in [-0.15, -0.1) is 0 Å². The summed E-state index contributed by atoms with van der Waals surface area (Å²) in [4.78, 5) is 25.9. The molecule has 8 heteroatoms. The normalized spacial score (nSPS) is 10.4. The number of ether oxygens (including phenoxy) is 1. The van der Waals surface area contributed by atoms with E-state index in [2.05, 4.69) is 25.6 Å². The van der Waals surface area contributed by atoms with Crippen molar-refractivity contribution in [2.45, 2.75) is 30.2 Å². The second kappa shape index (κ2) is 9.70. The molecule has 0 spiro atoms. The number of pyridine rings is 3. The predicted molar refractivity (Wildman–Crippen MR) is 109 cm³/mol. The summed E-state index contributed by atoms with van der Waals surface area (Å²) in [6.07, 6.45) is 5.87. The van der Waals surface area contributed by atoms with Crippen LogP contribution >= 0.6 is 11.8 Å². The van der Waals surface area contributed by atoms with Crippen molar-refractivity contribution in [1.29, 1.82) is 0 Å². The Kier molecular flexibility index (Phi) is 6.80. The number of amides is 2. The van der Waals surface area contributed by atoms with Crippen molar-refractivity contribution in [2.24, 2.45) is 0 Å². The van der Waals surface area contributed by atoms with Crippen LogP contribution in [0.25, 0.3) is 0 Å². The van der Waals surface area contributed by atoms with Gasteiger partial charge in [-0.3, -0.25) is 10.3 Å². The summed E-state index contributed by atoms with van der Waals surface area (Å²) in [5, 5.41) is 6.26. The monoisotopic (exact) mass is 395 g/mol. The quantitative estimate of drug-likeness (QED) is 0.611. The Morgan fingerprint density at radius 1 is 1.07 bits per heavy atom. The summed E-state index contributed by atoms with van der Waals surface area (Å²) in [7, 11) is 0. The molecular formula is C20H21N5O2S. The molecule has 28 heavy (non-hydrogen) atoms. The smallest absolute Gasteiger partial charge is 0.320 e. The van der Waals surface area contributed by atoms with Crippen LogP contribution in [0.5, 0.6) is 11.5 Å². The lowest BCUT2D eigenvalue weighted by molar-refractivity contribution is 0.252. The molecule has 0 aliphatic heterocycles. The van der Waals surface area contributed by atoms with Crippen molar-refractivity contribution in [3.63, 3.8) is 0 Å². The van der Waals surface area contributed by atoms with Gasteiger partial charge in [-0.2, -0.15) is 0 Å². The first-order valence-electron chi connectivity index (χ1n) is 8.95. The highest BCUT2D eigenvalue weighted by molar-refractivity contribution is 7.99. The summed E-state index contributed by atoms with van der Waals surface area (Å²) in [5.41, 5.74) is 0.828. The minimum atomic E-state index is -0.341. The zero-order valence-electron chi connectivity index (χ0n) is 15.7. The van der Waals surface area contributed by atoms with Crippen LogP contribution < -0.4 is 15.4 Å². The van der Waals surface area contributed by atoms with Gasteiger partial charge >= 0.3 is 6.03 Å². The molecule has 3 aromatic heterocycles. The zero-order chi connectivity index (χ0) is 19.8. The molecule has 0 saturated heterocycles. The minimum Gasteiger partial charge on any atom is -0.452 e. The number of nitrogens with zero attached hydrogens (tertiary/aromatic N) is 3. The number of anilines is 1. The molecule has 0 aromatic carbocycles. The molecule has 0 radical (unpaired) electrons. The number of carbonyl (C=O) groups is 1. The van der Waals surface area contributed by atoms with Crippen LogP contribution in [0.1, 0.15) is 19.5 Å². The van der Waals surface area contributed by atoms with Crippen LogP contribution in [-0.4, -0.2) is 27.5 Å². The van der Waals surface area contributed by atoms with E-state index in [1.807, 2.05) is 50.2 Å². The highest BCUT2D eigenvalue weighted by atomic mass is 32.2. The van der Waals surface area contributed by atoms with E-state index in [4.69, 9.17) is 4.74 Å². The first kappa shape index (κ1) is 19.6. The second-order valence-corrected chi connectivity index (χ2v) is 6.77. The van der Waals surface area contributed by atoms with Crippen LogP contribution in [-0.2, 0) is 6.42 Å². The third-order valence-corrected chi connectivity index (χ3v) is 4.57. The Labute approximate surface area is 168 Å². The van der Waals surface area contributed by atoms with Gasteiger partial charge in [-0.05, 0) is 37.6 Å². The van der Waals surface area contributed by atoms with Gasteiger partial charge in [0.25, 0.3) is 0 Å². The van der Waals surface area contributed by atoms with Crippen LogP contribution in [0, 0.1) is 0 Å². The molecule has 7 nitrogen and oxygen atoms in total. The fraction of sp³-hybridized carbons (Fsp3) is 0.200. The van der Waals surface area contributed by atoms with E-state index in [0.717, 1.165) is 22.0 Å². The van der Waals surface area contributed by atoms with Crippen LogP contribution in [0.2, 0.25) is 0 Å². The second-order valence-electron chi connectivity index (χ2n) is 5.68. The molecular weight excluding hydrogens is 374 g/mol. The van der Waals surface area contributed by atoms with Crippen molar-refractivity contribution in [3.8, 4) is 11.5 Å². The van der Waals surface area contributed by atoms with Crippen molar-refractivity contribution in [3.05, 3.63) is 60.7 Å². The molecule has 0 unspecified atom stereocenters. The molecule has 3 aromatic rings. The maximum atomic E-state index is 12.0. The highest BCUT2D eigenvalue weighted by Gasteiger charge is 2.14. The van der Waals surface area contributed by atoms with E-state index in [9.17, 15) is 4.79 Å². The van der Waals surface area contributed by atoms with Crippen LogP contribution in [0.4, 0.5) is 10.6 Å². The average Bonchev–Trinajstić information content (AvgIpc) is 2.71. The van der Waals surface area contributed by atoms with Gasteiger partial charge in [0.05, 0.1) is 5.69 Å². The first-order chi connectivity index (χ1) is 13.7. The van der Waals surface area contributed by atoms with Crippen molar-refractivity contribution < 1.29 is 9.53 Å². The largest absolute Gasteiger partial charge is 0.452 e. The standard InChI is InChI=1S/C20H21N5O2S/c1-3-15-16(8-7-11-22-15)27-17-12-14(28-18-9-5-6-10-23-18)13-24-19(17)25-20(26)21-4-2/h5-13H,3-4H2,1-2H3,(H2,21,24,25,26). The van der Waals surface area contributed by atoms with Gasteiger partial charge in [0.15, 0.2) is 11.6 Å². The van der Waals surface area contributed by atoms with Gasteiger partial charge in [0.1, 0.15) is 10.8 Å². The maximum Gasteiger partial charge on any atom is 0.320 e. The van der Waals surface area contributed by atoms with Crippen molar-refractivity contribution >= 4 is 23.6 Å². The van der Waals surface area contributed by atoms with Crippen molar-refractivity contribution in [1.82, 2.24) is 20.3 Å². The predicted octanol–water partition coefficient (Wildman–Crippen LogP) is 4.52. The lowest BCUT2D eigenvalue weighted by Crippen LogP contribution is -2.28. The average molecular weight is 395 g/mol. The Balaban J connectivity index is 1.92. The first-order valence-corrected chi connectivity index (χ1v) is 9.76.